The summed E-state index contributed by atoms with van der Waals surface area (Å²) in [4.78, 5) is 0. The van der Waals surface area contributed by atoms with Crippen molar-refractivity contribution in [1.82, 2.24) is 0 Å². The lowest BCUT2D eigenvalue weighted by Gasteiger charge is -2.23. The number of hydrogen-bond acceptors (Lipinski definition) is 2. The van der Waals surface area contributed by atoms with Crippen molar-refractivity contribution in [3.05, 3.63) is 35.4 Å². The van der Waals surface area contributed by atoms with Crippen LogP contribution in [0.3, 0.4) is 0 Å². The maximum absolute atomic E-state index is 13.0. The van der Waals surface area contributed by atoms with E-state index < -0.39 is 18.1 Å². The van der Waals surface area contributed by atoms with Crippen molar-refractivity contribution in [3.63, 3.8) is 0 Å². The van der Waals surface area contributed by atoms with E-state index in [1.807, 2.05) is 0 Å². The van der Waals surface area contributed by atoms with Gasteiger partial charge in [-0.1, -0.05) is 24.3 Å². The maximum Gasteiger partial charge on any atom is 0.308 e. The van der Waals surface area contributed by atoms with E-state index in [4.69, 9.17) is 0 Å². The Morgan fingerprint density at radius 3 is 2.38 bits per heavy atom. The Kier molecular flexibility index (Phi) is 1.50. The zero-order valence-electron chi connectivity index (χ0n) is 6.67. The van der Waals surface area contributed by atoms with E-state index in [0.29, 0.717) is 0 Å². The lowest BCUT2D eigenvalue weighted by atomic mass is 10.1. The number of halogens is 2. The molecule has 0 radical (unpaired) electrons. The molecule has 0 unspecified atom stereocenters. The molecule has 1 aliphatic carbocycles. The molecule has 0 heterocycles. The second-order valence-corrected chi connectivity index (χ2v) is 3.21. The van der Waals surface area contributed by atoms with Crippen LogP contribution in [0.2, 0.25) is 0 Å². The van der Waals surface area contributed by atoms with Crippen molar-refractivity contribution < 1.29 is 19.0 Å². The van der Waals surface area contributed by atoms with Crippen LogP contribution in [0.25, 0.3) is 0 Å². The van der Waals surface area contributed by atoms with Crippen LogP contribution in [0.4, 0.5) is 8.78 Å². The van der Waals surface area contributed by atoms with Crippen molar-refractivity contribution in [2.24, 2.45) is 0 Å². The number of aliphatic hydroxyl groups is 2. The highest BCUT2D eigenvalue weighted by Gasteiger charge is 2.58. The van der Waals surface area contributed by atoms with E-state index in [-0.39, 0.29) is 11.1 Å². The molecule has 0 amide bonds. The third kappa shape index (κ3) is 0.990. The van der Waals surface area contributed by atoms with Crippen LogP contribution in [0.1, 0.15) is 11.1 Å². The molecule has 2 nitrogen and oxygen atoms in total. The number of fused-ring (bicyclic) bond motifs is 1. The van der Waals surface area contributed by atoms with E-state index in [0.717, 1.165) is 0 Å². The fourth-order valence-electron chi connectivity index (χ4n) is 1.57. The quantitative estimate of drug-likeness (QED) is 0.594. The van der Waals surface area contributed by atoms with Crippen LogP contribution in [-0.2, 0) is 12.2 Å². The third-order valence-corrected chi connectivity index (χ3v) is 2.32. The molecule has 0 atom stereocenters. The lowest BCUT2D eigenvalue weighted by molar-refractivity contribution is -0.294. The van der Waals surface area contributed by atoms with E-state index in [2.05, 4.69) is 0 Å². The topological polar surface area (TPSA) is 40.5 Å². The Labute approximate surface area is 73.4 Å². The number of rotatable bonds is 0. The molecule has 0 saturated carbocycles. The van der Waals surface area contributed by atoms with Gasteiger partial charge >= 0.3 is 5.92 Å². The predicted molar refractivity (Wildman–Crippen MR) is 41.2 cm³/mol. The van der Waals surface area contributed by atoms with E-state index >= 15 is 0 Å². The first kappa shape index (κ1) is 8.59. The molecule has 2 N–H and O–H groups in total. The Balaban J connectivity index is 2.60. The minimum Gasteiger partial charge on any atom is -0.357 e. The molecule has 0 spiro atoms. The fourth-order valence-corrected chi connectivity index (χ4v) is 1.57. The monoisotopic (exact) mass is 186 g/mol. The highest BCUT2D eigenvalue weighted by Crippen LogP contribution is 2.45. The molecule has 13 heavy (non-hydrogen) atoms. The summed E-state index contributed by atoms with van der Waals surface area (Å²) in [5.41, 5.74) is 0.192. The van der Waals surface area contributed by atoms with Gasteiger partial charge in [-0.2, -0.15) is 8.78 Å². The van der Waals surface area contributed by atoms with Gasteiger partial charge in [0.05, 0.1) is 0 Å². The second-order valence-electron chi connectivity index (χ2n) is 3.21. The zero-order valence-corrected chi connectivity index (χ0v) is 6.67. The number of alkyl halides is 2. The molecule has 0 aliphatic heterocycles. The molecule has 1 aromatic carbocycles. The summed E-state index contributed by atoms with van der Waals surface area (Å²) in [6.07, 6.45) is -0.615. The summed E-state index contributed by atoms with van der Waals surface area (Å²) in [6.45, 7) is 0. The zero-order chi connectivity index (χ0) is 9.69. The minimum absolute atomic E-state index is 0.0972. The molecule has 1 aromatic rings. The number of benzene rings is 1. The van der Waals surface area contributed by atoms with Gasteiger partial charge < -0.3 is 10.2 Å². The Morgan fingerprint density at radius 1 is 1.15 bits per heavy atom. The first-order chi connectivity index (χ1) is 5.95. The molecule has 2 rings (SSSR count). The molecule has 70 valence electrons. The van der Waals surface area contributed by atoms with Crippen LogP contribution in [-0.4, -0.2) is 16.1 Å². The summed E-state index contributed by atoms with van der Waals surface area (Å²) >= 11 is 0. The van der Waals surface area contributed by atoms with Crippen LogP contribution in [0.5, 0.6) is 0 Å². The molecule has 4 heteroatoms. The Morgan fingerprint density at radius 2 is 1.77 bits per heavy atom. The van der Waals surface area contributed by atoms with Crippen LogP contribution >= 0.6 is 0 Å². The summed E-state index contributed by atoms with van der Waals surface area (Å²) < 4.78 is 26.0. The normalized spacial score (nSPS) is 22.8. The third-order valence-electron chi connectivity index (χ3n) is 2.32. The molecular formula is C9H8F2O2. The predicted octanol–water partition coefficient (Wildman–Crippen LogP) is 1.02. The molecule has 0 fully saturated rings. The van der Waals surface area contributed by atoms with Gasteiger partial charge in [-0.3, -0.25) is 0 Å². The lowest BCUT2D eigenvalue weighted by Crippen LogP contribution is -2.41. The Bertz CT molecular complexity index is 347. The minimum atomic E-state index is -3.49. The van der Waals surface area contributed by atoms with Crippen LogP contribution in [0, 0.1) is 0 Å². The van der Waals surface area contributed by atoms with Gasteiger partial charge in [0, 0.05) is 12.0 Å². The summed E-state index contributed by atoms with van der Waals surface area (Å²) in [5, 5.41) is 18.4. The van der Waals surface area contributed by atoms with Crippen molar-refractivity contribution in [1.29, 1.82) is 0 Å². The highest BCUT2D eigenvalue weighted by molar-refractivity contribution is 5.38. The standard InChI is InChI=1S/C9H8F2O2/c10-8(11)5-6-3-1-2-4-7(6)9(8,12)13/h1-4,12-13H,5H2. The second kappa shape index (κ2) is 2.27. The van der Waals surface area contributed by atoms with Crippen molar-refractivity contribution in [3.8, 4) is 0 Å². The summed E-state index contributed by atoms with van der Waals surface area (Å²) in [5.74, 6) is -6.50. The van der Waals surface area contributed by atoms with Gasteiger partial charge in [-0.15, -0.1) is 0 Å². The largest absolute Gasteiger partial charge is 0.357 e. The van der Waals surface area contributed by atoms with Gasteiger partial charge in [-0.25, -0.2) is 0 Å². The van der Waals surface area contributed by atoms with E-state index in [9.17, 15) is 19.0 Å². The molecule has 0 bridgehead atoms. The number of hydrogen-bond donors (Lipinski definition) is 2. The van der Waals surface area contributed by atoms with Gasteiger partial charge in [0.25, 0.3) is 5.79 Å². The average molecular weight is 186 g/mol. The van der Waals surface area contributed by atoms with Gasteiger partial charge in [0.15, 0.2) is 0 Å². The molecule has 1 aliphatic rings. The smallest absolute Gasteiger partial charge is 0.308 e. The van der Waals surface area contributed by atoms with E-state index in [1.54, 1.807) is 6.07 Å². The van der Waals surface area contributed by atoms with Crippen molar-refractivity contribution in [2.45, 2.75) is 18.1 Å². The van der Waals surface area contributed by atoms with Gasteiger partial charge in [0.2, 0.25) is 0 Å². The highest BCUT2D eigenvalue weighted by atomic mass is 19.3. The maximum atomic E-state index is 13.0. The van der Waals surface area contributed by atoms with Crippen molar-refractivity contribution >= 4 is 0 Å². The molecule has 0 saturated heterocycles. The average Bonchev–Trinajstić information content (AvgIpc) is 2.20. The molecule has 0 aromatic heterocycles. The van der Waals surface area contributed by atoms with Gasteiger partial charge in [0.1, 0.15) is 0 Å². The SMILES string of the molecule is OC1(O)c2ccccc2CC1(F)F. The van der Waals surface area contributed by atoms with Gasteiger partial charge in [-0.05, 0) is 5.56 Å². The first-order valence-electron chi connectivity index (χ1n) is 3.86. The van der Waals surface area contributed by atoms with E-state index in [1.165, 1.54) is 18.2 Å². The summed E-state index contributed by atoms with van der Waals surface area (Å²) in [7, 11) is 0. The van der Waals surface area contributed by atoms with Crippen molar-refractivity contribution in [2.75, 3.05) is 0 Å². The molecular weight excluding hydrogens is 178 g/mol. The fraction of sp³-hybridized carbons (Fsp3) is 0.333. The van der Waals surface area contributed by atoms with Crippen LogP contribution in [0.15, 0.2) is 24.3 Å². The first-order valence-corrected chi connectivity index (χ1v) is 3.86. The Hall–Kier alpha value is -1.00. The summed E-state index contributed by atoms with van der Waals surface area (Å²) in [6, 6.07) is 5.87. The van der Waals surface area contributed by atoms with Crippen LogP contribution < -0.4 is 0 Å².